The van der Waals surface area contributed by atoms with Crippen molar-refractivity contribution in [3.8, 4) is 0 Å². The Bertz CT molecular complexity index is 582. The Balaban J connectivity index is 3.21. The summed E-state index contributed by atoms with van der Waals surface area (Å²) in [7, 11) is 0. The molecule has 0 fully saturated rings. The Morgan fingerprint density at radius 1 is 0.885 bits per heavy atom. The van der Waals surface area contributed by atoms with Crippen LogP contribution in [0.3, 0.4) is 0 Å². The van der Waals surface area contributed by atoms with Crippen LogP contribution in [0.25, 0.3) is 0 Å². The highest BCUT2D eigenvalue weighted by molar-refractivity contribution is 9.10. The lowest BCUT2D eigenvalue weighted by Crippen LogP contribution is -2.26. The number of hydrogen-bond donors (Lipinski definition) is 0. The number of aryl methyl sites for hydroxylation is 1. The van der Waals surface area contributed by atoms with Crippen molar-refractivity contribution in [1.82, 2.24) is 0 Å². The van der Waals surface area contributed by atoms with E-state index in [-0.39, 0.29) is 35.2 Å². The number of carbonyl (C=O) groups excluding carboxylic acids is 2. The van der Waals surface area contributed by atoms with E-state index >= 15 is 0 Å². The van der Waals surface area contributed by atoms with E-state index in [1.54, 1.807) is 12.1 Å². The molecule has 1 rings (SSSR count). The van der Waals surface area contributed by atoms with E-state index in [1.807, 2.05) is 48.5 Å². The van der Waals surface area contributed by atoms with Crippen molar-refractivity contribution in [3.05, 3.63) is 33.3 Å². The third-order valence-corrected chi connectivity index (χ3v) is 5.40. The summed E-state index contributed by atoms with van der Waals surface area (Å²) in [5, 5.41) is 0. The Morgan fingerprint density at radius 3 is 1.62 bits per heavy atom. The van der Waals surface area contributed by atoms with Crippen LogP contribution in [-0.2, 0) is 9.47 Å². The van der Waals surface area contributed by atoms with Crippen LogP contribution in [0.1, 0.15) is 80.7 Å². The van der Waals surface area contributed by atoms with Crippen LogP contribution in [-0.4, -0.2) is 24.1 Å². The summed E-state index contributed by atoms with van der Waals surface area (Å²) < 4.78 is 12.1. The molecule has 5 heteroatoms. The van der Waals surface area contributed by atoms with E-state index in [0.717, 1.165) is 22.9 Å². The molecule has 2 atom stereocenters. The highest BCUT2D eigenvalue weighted by Gasteiger charge is 2.26. The van der Waals surface area contributed by atoms with Crippen LogP contribution < -0.4 is 0 Å². The number of rotatable bonds is 8. The minimum atomic E-state index is -0.490. The second-order valence-corrected chi connectivity index (χ2v) is 8.19. The predicted molar refractivity (Wildman–Crippen MR) is 108 cm³/mol. The maximum absolute atomic E-state index is 12.8. The molecule has 0 heterocycles. The fourth-order valence-corrected chi connectivity index (χ4v) is 3.15. The molecular formula is C21H31BrO4. The SMILES string of the molecule is CCC(OC(=O)c1cc(C)c(Br)cc1C(=O)OC(CC)C(C)C)C(C)C. The van der Waals surface area contributed by atoms with Crippen molar-refractivity contribution in [1.29, 1.82) is 0 Å². The van der Waals surface area contributed by atoms with Gasteiger partial charge in [-0.15, -0.1) is 0 Å². The van der Waals surface area contributed by atoms with Gasteiger partial charge in [-0.25, -0.2) is 9.59 Å². The molecule has 0 N–H and O–H groups in total. The second-order valence-electron chi connectivity index (χ2n) is 7.34. The van der Waals surface area contributed by atoms with Gasteiger partial charge in [0.15, 0.2) is 0 Å². The smallest absolute Gasteiger partial charge is 0.339 e. The van der Waals surface area contributed by atoms with Crippen molar-refractivity contribution >= 4 is 27.9 Å². The molecule has 2 unspecified atom stereocenters. The van der Waals surface area contributed by atoms with Gasteiger partial charge >= 0.3 is 11.9 Å². The van der Waals surface area contributed by atoms with Crippen molar-refractivity contribution in [2.45, 2.75) is 73.5 Å². The average molecular weight is 427 g/mol. The fraction of sp³-hybridized carbons (Fsp3) is 0.619. The molecule has 0 radical (unpaired) electrons. The predicted octanol–water partition coefficient (Wildman–Crippen LogP) is 5.94. The standard InChI is InChI=1S/C21H31BrO4/c1-8-18(12(3)4)25-20(23)15-10-14(7)17(22)11-16(15)21(24)26-19(9-2)13(5)6/h10-13,18-19H,8-9H2,1-7H3. The third-order valence-electron chi connectivity index (χ3n) is 4.55. The highest BCUT2D eigenvalue weighted by atomic mass is 79.9. The molecule has 146 valence electrons. The van der Waals surface area contributed by atoms with Crippen LogP contribution >= 0.6 is 15.9 Å². The highest BCUT2D eigenvalue weighted by Crippen LogP contribution is 2.25. The van der Waals surface area contributed by atoms with E-state index in [0.29, 0.717) is 0 Å². The number of benzene rings is 1. The normalized spacial score (nSPS) is 13.6. The van der Waals surface area contributed by atoms with Crippen molar-refractivity contribution < 1.29 is 19.1 Å². The van der Waals surface area contributed by atoms with Gasteiger partial charge in [0.1, 0.15) is 12.2 Å². The zero-order valence-electron chi connectivity index (χ0n) is 16.9. The monoisotopic (exact) mass is 426 g/mol. The van der Waals surface area contributed by atoms with Gasteiger partial charge in [-0.2, -0.15) is 0 Å². The molecule has 4 nitrogen and oxygen atoms in total. The first-order valence-electron chi connectivity index (χ1n) is 9.34. The number of ether oxygens (including phenoxy) is 2. The Hall–Kier alpha value is -1.36. The second kappa shape index (κ2) is 10.1. The molecule has 26 heavy (non-hydrogen) atoms. The Labute approximate surface area is 165 Å². The van der Waals surface area contributed by atoms with Gasteiger partial charge in [-0.1, -0.05) is 57.5 Å². The molecule has 0 saturated heterocycles. The lowest BCUT2D eigenvalue weighted by atomic mass is 10.0. The molecule has 0 amide bonds. The van der Waals surface area contributed by atoms with Crippen LogP contribution in [0.2, 0.25) is 0 Å². The van der Waals surface area contributed by atoms with Gasteiger partial charge in [0, 0.05) is 4.47 Å². The van der Waals surface area contributed by atoms with Crippen LogP contribution in [0.5, 0.6) is 0 Å². The molecule has 0 aliphatic rings. The van der Waals surface area contributed by atoms with E-state index in [2.05, 4.69) is 15.9 Å². The molecule has 0 spiro atoms. The first kappa shape index (κ1) is 22.7. The van der Waals surface area contributed by atoms with Crippen LogP contribution in [0.4, 0.5) is 0 Å². The van der Waals surface area contributed by atoms with Crippen molar-refractivity contribution in [2.75, 3.05) is 0 Å². The van der Waals surface area contributed by atoms with Crippen molar-refractivity contribution in [2.24, 2.45) is 11.8 Å². The number of halogens is 1. The summed E-state index contributed by atoms with van der Waals surface area (Å²) in [6, 6.07) is 3.34. The van der Waals surface area contributed by atoms with Crippen LogP contribution in [0.15, 0.2) is 16.6 Å². The lowest BCUT2D eigenvalue weighted by molar-refractivity contribution is 0.0127. The lowest BCUT2D eigenvalue weighted by Gasteiger charge is -2.22. The van der Waals surface area contributed by atoms with Crippen molar-refractivity contribution in [3.63, 3.8) is 0 Å². The summed E-state index contributed by atoms with van der Waals surface area (Å²) in [5.41, 5.74) is 1.36. The number of carbonyl (C=O) groups is 2. The molecule has 0 bridgehead atoms. The summed E-state index contributed by atoms with van der Waals surface area (Å²) in [6.45, 7) is 13.9. The minimum Gasteiger partial charge on any atom is -0.459 e. The van der Waals surface area contributed by atoms with E-state index in [4.69, 9.17) is 9.47 Å². The van der Waals surface area contributed by atoms with Gasteiger partial charge in [0.2, 0.25) is 0 Å². The average Bonchev–Trinajstić information content (AvgIpc) is 2.58. The largest absolute Gasteiger partial charge is 0.459 e. The number of hydrogen-bond acceptors (Lipinski definition) is 4. The first-order valence-corrected chi connectivity index (χ1v) is 10.1. The number of esters is 2. The summed E-state index contributed by atoms with van der Waals surface area (Å²) in [6.07, 6.45) is 1.07. The van der Waals surface area contributed by atoms with Gasteiger partial charge < -0.3 is 9.47 Å². The maximum Gasteiger partial charge on any atom is 0.339 e. The third kappa shape index (κ3) is 5.83. The van der Waals surface area contributed by atoms with Gasteiger partial charge in [0.05, 0.1) is 11.1 Å². The molecule has 1 aromatic rings. The fourth-order valence-electron chi connectivity index (χ4n) is 2.80. The topological polar surface area (TPSA) is 52.6 Å². The molecule has 0 aromatic heterocycles. The van der Waals surface area contributed by atoms with E-state index in [9.17, 15) is 9.59 Å². The first-order chi connectivity index (χ1) is 12.1. The van der Waals surface area contributed by atoms with Gasteiger partial charge in [-0.05, 0) is 49.3 Å². The van der Waals surface area contributed by atoms with Gasteiger partial charge in [-0.3, -0.25) is 0 Å². The zero-order chi connectivity index (χ0) is 20.0. The van der Waals surface area contributed by atoms with E-state index < -0.39 is 11.9 Å². The minimum absolute atomic E-state index is 0.186. The van der Waals surface area contributed by atoms with Crippen LogP contribution in [0, 0.1) is 18.8 Å². The molecule has 0 aliphatic heterocycles. The molecule has 0 aliphatic carbocycles. The molecule has 0 saturated carbocycles. The summed E-state index contributed by atoms with van der Waals surface area (Å²) in [4.78, 5) is 25.5. The van der Waals surface area contributed by atoms with E-state index in [1.165, 1.54) is 0 Å². The summed E-state index contributed by atoms with van der Waals surface area (Å²) >= 11 is 3.44. The molecular weight excluding hydrogens is 396 g/mol. The molecule has 1 aromatic carbocycles. The summed E-state index contributed by atoms with van der Waals surface area (Å²) in [5.74, 6) is -0.554. The van der Waals surface area contributed by atoms with Gasteiger partial charge in [0.25, 0.3) is 0 Å². The zero-order valence-corrected chi connectivity index (χ0v) is 18.5. The Kier molecular flexibility index (Phi) is 8.81. The quantitative estimate of drug-likeness (QED) is 0.482. The Morgan fingerprint density at radius 2 is 1.27 bits per heavy atom. The maximum atomic E-state index is 12.8.